The zero-order valence-corrected chi connectivity index (χ0v) is 16.8. The number of rotatable bonds is 6. The Morgan fingerprint density at radius 1 is 1.17 bits per heavy atom. The Balaban J connectivity index is 1.79. The summed E-state index contributed by atoms with van der Waals surface area (Å²) in [6.45, 7) is -0.281. The SMILES string of the molecule is COC(=O)CN1C(=O)N/C(=C/c2ccccc2OCc2ccc(Cl)cc2Cl)C1=O. The smallest absolute Gasteiger partial charge is 0.329 e. The fourth-order valence-corrected chi connectivity index (χ4v) is 3.05. The van der Waals surface area contributed by atoms with Gasteiger partial charge in [0.2, 0.25) is 0 Å². The molecule has 9 heteroatoms. The molecule has 1 aliphatic rings. The summed E-state index contributed by atoms with van der Waals surface area (Å²) < 4.78 is 10.3. The largest absolute Gasteiger partial charge is 0.488 e. The van der Waals surface area contributed by atoms with Gasteiger partial charge in [-0.2, -0.15) is 0 Å². The van der Waals surface area contributed by atoms with Crippen molar-refractivity contribution in [3.05, 3.63) is 69.3 Å². The first-order valence-corrected chi connectivity index (χ1v) is 9.21. The van der Waals surface area contributed by atoms with Gasteiger partial charge in [-0.3, -0.25) is 9.59 Å². The number of esters is 1. The third kappa shape index (κ3) is 4.88. The molecular weight excluding hydrogens is 419 g/mol. The quantitative estimate of drug-likeness (QED) is 0.426. The number of ether oxygens (including phenoxy) is 2. The number of carbonyl (C=O) groups excluding carboxylic acids is 3. The van der Waals surface area contributed by atoms with E-state index in [0.717, 1.165) is 10.5 Å². The zero-order chi connectivity index (χ0) is 21.0. The number of hydrogen-bond acceptors (Lipinski definition) is 5. The van der Waals surface area contributed by atoms with Gasteiger partial charge in [-0.05, 0) is 24.3 Å². The van der Waals surface area contributed by atoms with E-state index < -0.39 is 24.5 Å². The number of imide groups is 1. The van der Waals surface area contributed by atoms with Gasteiger partial charge >= 0.3 is 12.0 Å². The Morgan fingerprint density at radius 2 is 1.93 bits per heavy atom. The molecule has 1 heterocycles. The number of methoxy groups -OCH3 is 1. The van der Waals surface area contributed by atoms with Crippen LogP contribution < -0.4 is 10.1 Å². The highest BCUT2D eigenvalue weighted by molar-refractivity contribution is 6.35. The molecular formula is C20H16Cl2N2O5. The molecule has 0 aromatic heterocycles. The molecule has 3 rings (SSSR count). The van der Waals surface area contributed by atoms with Gasteiger partial charge in [0.25, 0.3) is 5.91 Å². The standard InChI is InChI=1S/C20H16Cl2N2O5/c1-28-18(25)10-24-19(26)16(23-20(24)27)8-12-4-2-3-5-17(12)29-11-13-6-7-14(21)9-15(13)22/h2-9H,10-11H2,1H3,(H,23,27)/b16-8+. The topological polar surface area (TPSA) is 84.9 Å². The fourth-order valence-electron chi connectivity index (χ4n) is 2.59. The number of nitrogens with zero attached hydrogens (tertiary/aromatic N) is 1. The lowest BCUT2D eigenvalue weighted by Crippen LogP contribution is -2.36. The summed E-state index contributed by atoms with van der Waals surface area (Å²) in [5.74, 6) is -0.839. The van der Waals surface area contributed by atoms with E-state index in [1.54, 1.807) is 42.5 Å². The van der Waals surface area contributed by atoms with E-state index in [2.05, 4.69) is 10.1 Å². The van der Waals surface area contributed by atoms with Crippen molar-refractivity contribution in [2.75, 3.05) is 13.7 Å². The molecule has 0 atom stereocenters. The summed E-state index contributed by atoms with van der Waals surface area (Å²) in [5.41, 5.74) is 1.34. The third-order valence-corrected chi connectivity index (χ3v) is 4.68. The summed E-state index contributed by atoms with van der Waals surface area (Å²) in [5, 5.41) is 3.45. The summed E-state index contributed by atoms with van der Waals surface area (Å²) in [6, 6.07) is 11.4. The highest BCUT2D eigenvalue weighted by Gasteiger charge is 2.35. The predicted molar refractivity (Wildman–Crippen MR) is 107 cm³/mol. The highest BCUT2D eigenvalue weighted by Crippen LogP contribution is 2.26. The lowest BCUT2D eigenvalue weighted by Gasteiger charge is -2.11. The Kier molecular flexibility index (Phi) is 6.41. The van der Waals surface area contributed by atoms with E-state index in [1.165, 1.54) is 13.2 Å². The van der Waals surface area contributed by atoms with Crippen molar-refractivity contribution in [2.24, 2.45) is 0 Å². The molecule has 2 aromatic carbocycles. The fraction of sp³-hybridized carbons (Fsp3) is 0.150. The number of amides is 3. The number of hydrogen-bond donors (Lipinski definition) is 1. The zero-order valence-electron chi connectivity index (χ0n) is 15.3. The minimum Gasteiger partial charge on any atom is -0.488 e. The highest BCUT2D eigenvalue weighted by atomic mass is 35.5. The lowest BCUT2D eigenvalue weighted by atomic mass is 10.1. The lowest BCUT2D eigenvalue weighted by molar-refractivity contribution is -0.143. The van der Waals surface area contributed by atoms with Gasteiger partial charge in [-0.15, -0.1) is 0 Å². The average Bonchev–Trinajstić information content (AvgIpc) is 2.95. The molecule has 0 bridgehead atoms. The molecule has 0 spiro atoms. The number of benzene rings is 2. The van der Waals surface area contributed by atoms with E-state index in [0.29, 0.717) is 21.4 Å². The maximum Gasteiger partial charge on any atom is 0.329 e. The molecule has 0 unspecified atom stereocenters. The van der Waals surface area contributed by atoms with E-state index in [9.17, 15) is 14.4 Å². The summed E-state index contributed by atoms with van der Waals surface area (Å²) in [7, 11) is 1.18. The Labute approximate surface area is 176 Å². The molecule has 29 heavy (non-hydrogen) atoms. The minimum atomic E-state index is -0.696. The van der Waals surface area contributed by atoms with Crippen LogP contribution in [0.25, 0.3) is 6.08 Å². The van der Waals surface area contributed by atoms with Crippen LogP contribution in [0.15, 0.2) is 48.2 Å². The predicted octanol–water partition coefficient (Wildman–Crippen LogP) is 3.64. The number of urea groups is 1. The first kappa shape index (κ1) is 20.7. The molecule has 7 nitrogen and oxygen atoms in total. The van der Waals surface area contributed by atoms with Crippen molar-refractivity contribution in [2.45, 2.75) is 6.61 Å². The summed E-state index contributed by atoms with van der Waals surface area (Å²) in [4.78, 5) is 36.6. The normalized spacial score (nSPS) is 14.9. The molecule has 1 saturated heterocycles. The molecule has 1 N–H and O–H groups in total. The maximum absolute atomic E-state index is 12.4. The van der Waals surface area contributed by atoms with Gasteiger partial charge in [0, 0.05) is 21.2 Å². The van der Waals surface area contributed by atoms with Gasteiger partial charge in [-0.25, -0.2) is 9.69 Å². The minimum absolute atomic E-state index is 0.0273. The van der Waals surface area contributed by atoms with E-state index >= 15 is 0 Å². The molecule has 0 saturated carbocycles. The first-order valence-electron chi connectivity index (χ1n) is 8.46. The second-order valence-corrected chi connectivity index (χ2v) is 6.86. The van der Waals surface area contributed by atoms with E-state index in [1.807, 2.05) is 0 Å². The van der Waals surface area contributed by atoms with Crippen molar-refractivity contribution in [1.29, 1.82) is 0 Å². The van der Waals surface area contributed by atoms with Gasteiger partial charge in [0.1, 0.15) is 24.6 Å². The molecule has 0 radical (unpaired) electrons. The van der Waals surface area contributed by atoms with Crippen molar-refractivity contribution in [3.63, 3.8) is 0 Å². The van der Waals surface area contributed by atoms with Gasteiger partial charge < -0.3 is 14.8 Å². The van der Waals surface area contributed by atoms with Gasteiger partial charge in [0.05, 0.1) is 7.11 Å². The van der Waals surface area contributed by atoms with Crippen LogP contribution in [0.3, 0.4) is 0 Å². The molecule has 3 amide bonds. The van der Waals surface area contributed by atoms with Crippen LogP contribution in [0, 0.1) is 0 Å². The maximum atomic E-state index is 12.4. The van der Waals surface area contributed by atoms with Crippen molar-refractivity contribution in [3.8, 4) is 5.75 Å². The second kappa shape index (κ2) is 8.98. The summed E-state index contributed by atoms with van der Waals surface area (Å²) >= 11 is 12.1. The van der Waals surface area contributed by atoms with Crippen LogP contribution in [0.5, 0.6) is 5.75 Å². The van der Waals surface area contributed by atoms with E-state index in [-0.39, 0.29) is 12.3 Å². The van der Waals surface area contributed by atoms with Gasteiger partial charge in [-0.1, -0.05) is 47.5 Å². The average molecular weight is 435 g/mol. The Morgan fingerprint density at radius 3 is 2.66 bits per heavy atom. The summed E-state index contributed by atoms with van der Waals surface area (Å²) in [6.07, 6.45) is 1.48. The molecule has 0 aliphatic carbocycles. The van der Waals surface area contributed by atoms with Crippen LogP contribution in [-0.4, -0.2) is 36.5 Å². The molecule has 1 fully saturated rings. The molecule has 1 aliphatic heterocycles. The van der Waals surface area contributed by atoms with Crippen molar-refractivity contribution in [1.82, 2.24) is 10.2 Å². The first-order chi connectivity index (χ1) is 13.9. The molecule has 2 aromatic rings. The van der Waals surface area contributed by atoms with E-state index in [4.69, 9.17) is 27.9 Å². The molecule has 150 valence electrons. The number of para-hydroxylation sites is 1. The van der Waals surface area contributed by atoms with Crippen molar-refractivity contribution >= 4 is 47.2 Å². The monoisotopic (exact) mass is 434 g/mol. The van der Waals surface area contributed by atoms with Crippen LogP contribution in [0.2, 0.25) is 10.0 Å². The van der Waals surface area contributed by atoms with Crippen LogP contribution in [-0.2, 0) is 20.9 Å². The van der Waals surface area contributed by atoms with Crippen LogP contribution in [0.1, 0.15) is 11.1 Å². The number of carbonyl (C=O) groups is 3. The van der Waals surface area contributed by atoms with Gasteiger partial charge in [0.15, 0.2) is 0 Å². The number of nitrogens with one attached hydrogen (secondary N) is 1. The van der Waals surface area contributed by atoms with Crippen molar-refractivity contribution < 1.29 is 23.9 Å². The number of halogens is 2. The second-order valence-electron chi connectivity index (χ2n) is 6.02. The third-order valence-electron chi connectivity index (χ3n) is 4.09. The van der Waals surface area contributed by atoms with Crippen LogP contribution >= 0.6 is 23.2 Å². The Hall–Kier alpha value is -3.03. The van der Waals surface area contributed by atoms with Crippen LogP contribution in [0.4, 0.5) is 4.79 Å². The Bertz CT molecular complexity index is 1010.